The molecular weight excluding hydrogens is 222 g/mol. The van der Waals surface area contributed by atoms with Crippen molar-refractivity contribution in [1.29, 1.82) is 0 Å². The summed E-state index contributed by atoms with van der Waals surface area (Å²) in [4.78, 5) is 4.86. The second-order valence-electron chi connectivity index (χ2n) is 6.58. The van der Waals surface area contributed by atoms with Crippen LogP contribution in [0.25, 0.3) is 0 Å². The summed E-state index contributed by atoms with van der Waals surface area (Å²) in [5, 5.41) is 3.54. The van der Waals surface area contributed by atoms with E-state index in [9.17, 15) is 0 Å². The number of likely N-dealkylation sites (N-methyl/N-ethyl adjacent to an activating group) is 2. The number of rotatable bonds is 6. The van der Waals surface area contributed by atoms with E-state index in [1.165, 1.54) is 32.4 Å². The van der Waals surface area contributed by atoms with Gasteiger partial charge in [0.15, 0.2) is 0 Å². The van der Waals surface area contributed by atoms with Gasteiger partial charge in [0.2, 0.25) is 0 Å². The van der Waals surface area contributed by atoms with Gasteiger partial charge in [0.25, 0.3) is 0 Å². The Hall–Kier alpha value is -0.120. The molecule has 0 aliphatic heterocycles. The Bertz CT molecular complexity index is 230. The fourth-order valence-electron chi connectivity index (χ4n) is 3.66. The molecule has 108 valence electrons. The van der Waals surface area contributed by atoms with E-state index in [0.29, 0.717) is 12.1 Å². The van der Waals surface area contributed by atoms with Crippen LogP contribution in [0.2, 0.25) is 0 Å². The molecule has 0 spiro atoms. The van der Waals surface area contributed by atoms with Gasteiger partial charge in [-0.15, -0.1) is 0 Å². The highest BCUT2D eigenvalue weighted by molar-refractivity contribution is 4.92. The molecule has 0 heterocycles. The molecule has 1 saturated carbocycles. The van der Waals surface area contributed by atoms with Crippen molar-refractivity contribution in [3.05, 3.63) is 0 Å². The van der Waals surface area contributed by atoms with Crippen LogP contribution in [0.15, 0.2) is 0 Å². The first-order valence-corrected chi connectivity index (χ1v) is 7.48. The van der Waals surface area contributed by atoms with Crippen molar-refractivity contribution in [3.8, 4) is 0 Å². The monoisotopic (exact) mass is 255 g/mol. The number of nitrogens with one attached hydrogen (secondary N) is 1. The van der Waals surface area contributed by atoms with E-state index in [-0.39, 0.29) is 0 Å². The first kappa shape index (κ1) is 15.9. The molecular formula is C15H33N3. The standard InChI is InChI=1S/C15H33N3/c1-12-10-13(2)15(14(11-12)16-3)18(6)9-7-8-17(4)5/h12-16H,7-11H2,1-6H3. The normalized spacial score (nSPS) is 33.3. The zero-order chi connectivity index (χ0) is 13.7. The highest BCUT2D eigenvalue weighted by Gasteiger charge is 2.35. The second kappa shape index (κ2) is 7.46. The van der Waals surface area contributed by atoms with Crippen LogP contribution < -0.4 is 5.32 Å². The maximum Gasteiger partial charge on any atom is 0.0271 e. The number of hydrogen-bond acceptors (Lipinski definition) is 3. The van der Waals surface area contributed by atoms with E-state index in [4.69, 9.17) is 0 Å². The maximum atomic E-state index is 3.54. The van der Waals surface area contributed by atoms with Crippen LogP contribution in [0, 0.1) is 11.8 Å². The van der Waals surface area contributed by atoms with E-state index in [0.717, 1.165) is 11.8 Å². The van der Waals surface area contributed by atoms with Gasteiger partial charge in [-0.25, -0.2) is 0 Å². The minimum absolute atomic E-state index is 0.660. The summed E-state index contributed by atoms with van der Waals surface area (Å²) in [6, 6.07) is 1.36. The van der Waals surface area contributed by atoms with Crippen molar-refractivity contribution in [2.75, 3.05) is 41.3 Å². The summed E-state index contributed by atoms with van der Waals surface area (Å²) in [6.45, 7) is 7.21. The maximum absolute atomic E-state index is 3.54. The minimum Gasteiger partial charge on any atom is -0.315 e. The van der Waals surface area contributed by atoms with E-state index in [1.807, 2.05) is 0 Å². The average molecular weight is 255 g/mol. The zero-order valence-electron chi connectivity index (χ0n) is 13.2. The van der Waals surface area contributed by atoms with Crippen molar-refractivity contribution in [2.24, 2.45) is 11.8 Å². The minimum atomic E-state index is 0.660. The topological polar surface area (TPSA) is 18.5 Å². The van der Waals surface area contributed by atoms with Gasteiger partial charge >= 0.3 is 0 Å². The van der Waals surface area contributed by atoms with Crippen LogP contribution in [-0.2, 0) is 0 Å². The quantitative estimate of drug-likeness (QED) is 0.782. The lowest BCUT2D eigenvalue weighted by molar-refractivity contribution is 0.0813. The van der Waals surface area contributed by atoms with Crippen molar-refractivity contribution in [2.45, 2.75) is 45.2 Å². The molecule has 1 aliphatic rings. The Balaban J connectivity index is 2.49. The Morgan fingerprint density at radius 3 is 2.28 bits per heavy atom. The molecule has 3 heteroatoms. The van der Waals surface area contributed by atoms with E-state index >= 15 is 0 Å². The lowest BCUT2D eigenvalue weighted by Crippen LogP contribution is -2.54. The predicted molar refractivity (Wildman–Crippen MR) is 80.0 cm³/mol. The Morgan fingerprint density at radius 1 is 1.06 bits per heavy atom. The highest BCUT2D eigenvalue weighted by atomic mass is 15.2. The lowest BCUT2D eigenvalue weighted by atomic mass is 9.76. The molecule has 18 heavy (non-hydrogen) atoms. The molecule has 0 bridgehead atoms. The van der Waals surface area contributed by atoms with Gasteiger partial charge in [0.05, 0.1) is 0 Å². The summed E-state index contributed by atoms with van der Waals surface area (Å²) < 4.78 is 0. The summed E-state index contributed by atoms with van der Waals surface area (Å²) in [5.41, 5.74) is 0. The van der Waals surface area contributed by atoms with Gasteiger partial charge in [-0.1, -0.05) is 13.8 Å². The molecule has 0 aromatic carbocycles. The molecule has 0 amide bonds. The molecule has 0 saturated heterocycles. The molecule has 0 aromatic rings. The van der Waals surface area contributed by atoms with E-state index in [2.05, 4.69) is 57.2 Å². The summed E-state index contributed by atoms with van der Waals surface area (Å²) >= 11 is 0. The van der Waals surface area contributed by atoms with Gasteiger partial charge in [-0.05, 0) is 72.4 Å². The Kier molecular flexibility index (Phi) is 6.61. The van der Waals surface area contributed by atoms with Crippen molar-refractivity contribution in [3.63, 3.8) is 0 Å². The smallest absolute Gasteiger partial charge is 0.0271 e. The van der Waals surface area contributed by atoms with Gasteiger partial charge in [0.1, 0.15) is 0 Å². The van der Waals surface area contributed by atoms with Gasteiger partial charge < -0.3 is 15.1 Å². The Morgan fingerprint density at radius 2 is 1.72 bits per heavy atom. The van der Waals surface area contributed by atoms with Crippen LogP contribution >= 0.6 is 0 Å². The van der Waals surface area contributed by atoms with Crippen LogP contribution in [0.3, 0.4) is 0 Å². The molecule has 0 radical (unpaired) electrons. The molecule has 4 unspecified atom stereocenters. The van der Waals surface area contributed by atoms with Gasteiger partial charge in [0, 0.05) is 12.1 Å². The summed E-state index contributed by atoms with van der Waals surface area (Å²) in [7, 11) is 8.73. The first-order chi connectivity index (χ1) is 8.45. The number of nitrogens with zero attached hydrogens (tertiary/aromatic N) is 2. The first-order valence-electron chi connectivity index (χ1n) is 7.48. The molecule has 3 nitrogen and oxygen atoms in total. The summed E-state index contributed by atoms with van der Waals surface area (Å²) in [6.07, 6.45) is 3.96. The van der Waals surface area contributed by atoms with E-state index < -0.39 is 0 Å². The van der Waals surface area contributed by atoms with E-state index in [1.54, 1.807) is 0 Å². The SMILES string of the molecule is CNC1CC(C)CC(C)C1N(C)CCCN(C)C. The van der Waals surface area contributed by atoms with Crippen LogP contribution in [0.4, 0.5) is 0 Å². The van der Waals surface area contributed by atoms with Gasteiger partial charge in [-0.3, -0.25) is 0 Å². The van der Waals surface area contributed by atoms with Crippen molar-refractivity contribution >= 4 is 0 Å². The van der Waals surface area contributed by atoms with Crippen molar-refractivity contribution < 1.29 is 0 Å². The fourth-order valence-corrected chi connectivity index (χ4v) is 3.66. The third kappa shape index (κ3) is 4.52. The molecule has 1 N–H and O–H groups in total. The second-order valence-corrected chi connectivity index (χ2v) is 6.58. The predicted octanol–water partition coefficient (Wildman–Crippen LogP) is 1.89. The fraction of sp³-hybridized carbons (Fsp3) is 1.00. The van der Waals surface area contributed by atoms with Gasteiger partial charge in [-0.2, -0.15) is 0 Å². The molecule has 1 rings (SSSR count). The van der Waals surface area contributed by atoms with Crippen LogP contribution in [0.5, 0.6) is 0 Å². The lowest BCUT2D eigenvalue weighted by Gasteiger charge is -2.44. The third-order valence-electron chi connectivity index (χ3n) is 4.42. The molecule has 1 aliphatic carbocycles. The largest absolute Gasteiger partial charge is 0.315 e. The number of hydrogen-bond donors (Lipinski definition) is 1. The highest BCUT2D eigenvalue weighted by Crippen LogP contribution is 2.31. The Labute approximate surface area is 114 Å². The molecule has 0 aromatic heterocycles. The van der Waals surface area contributed by atoms with Crippen molar-refractivity contribution in [1.82, 2.24) is 15.1 Å². The third-order valence-corrected chi connectivity index (χ3v) is 4.42. The van der Waals surface area contributed by atoms with Crippen LogP contribution in [-0.4, -0.2) is 63.2 Å². The molecule has 1 fully saturated rings. The average Bonchev–Trinajstić information content (AvgIpc) is 2.26. The molecule has 4 atom stereocenters. The summed E-state index contributed by atoms with van der Waals surface area (Å²) in [5.74, 6) is 1.67. The van der Waals surface area contributed by atoms with Crippen LogP contribution in [0.1, 0.15) is 33.1 Å². The zero-order valence-corrected chi connectivity index (χ0v) is 13.2.